The molecular formula is C13H14N2O6S2. The van der Waals surface area contributed by atoms with Crippen LogP contribution in [0.15, 0.2) is 34.2 Å². The van der Waals surface area contributed by atoms with Crippen LogP contribution < -0.4 is 0 Å². The molecule has 2 aromatic rings. The Labute approximate surface area is 133 Å². The van der Waals surface area contributed by atoms with E-state index in [0.29, 0.717) is 0 Å². The second-order valence-corrected chi connectivity index (χ2v) is 9.17. The molecule has 0 N–H and O–H groups in total. The van der Waals surface area contributed by atoms with Gasteiger partial charge in [0.2, 0.25) is 0 Å². The smallest absolute Gasteiger partial charge is 0.258 e. The summed E-state index contributed by atoms with van der Waals surface area (Å²) in [4.78, 5) is 13.7. The van der Waals surface area contributed by atoms with Crippen molar-refractivity contribution in [2.75, 3.05) is 11.5 Å². The standard InChI is InChI=1S/C13H14N2O6S2/c1-3-22(18,19)12-8-9-7-10(15(16)17)5-6-11(9)14-13(12)23(20,21)4-2/h5-8H,3-4H2,1-2H3. The van der Waals surface area contributed by atoms with Gasteiger partial charge in [0.15, 0.2) is 24.7 Å². The molecule has 0 aliphatic carbocycles. The zero-order valence-corrected chi connectivity index (χ0v) is 14.0. The van der Waals surface area contributed by atoms with E-state index in [2.05, 4.69) is 4.98 Å². The van der Waals surface area contributed by atoms with Crippen molar-refractivity contribution in [3.63, 3.8) is 0 Å². The molecule has 0 aliphatic rings. The average Bonchev–Trinajstić information content (AvgIpc) is 2.52. The highest BCUT2D eigenvalue weighted by Gasteiger charge is 2.27. The van der Waals surface area contributed by atoms with E-state index < -0.39 is 34.5 Å². The Morgan fingerprint density at radius 1 is 1.04 bits per heavy atom. The molecule has 124 valence electrons. The Morgan fingerprint density at radius 3 is 2.17 bits per heavy atom. The summed E-state index contributed by atoms with van der Waals surface area (Å²) < 4.78 is 48.8. The van der Waals surface area contributed by atoms with Crippen LogP contribution in [0, 0.1) is 10.1 Å². The molecule has 0 atom stereocenters. The van der Waals surface area contributed by atoms with Crippen molar-refractivity contribution < 1.29 is 21.8 Å². The summed E-state index contributed by atoms with van der Waals surface area (Å²) in [5.74, 6) is -0.605. The van der Waals surface area contributed by atoms with Gasteiger partial charge in [0, 0.05) is 17.5 Å². The maximum atomic E-state index is 12.2. The first-order valence-corrected chi connectivity index (χ1v) is 9.97. The third-order valence-corrected chi connectivity index (χ3v) is 6.86. The van der Waals surface area contributed by atoms with Crippen molar-refractivity contribution in [1.82, 2.24) is 4.98 Å². The second kappa shape index (κ2) is 5.85. The zero-order chi connectivity index (χ0) is 17.4. The largest absolute Gasteiger partial charge is 0.270 e. The lowest BCUT2D eigenvalue weighted by molar-refractivity contribution is -0.384. The molecule has 0 unspecified atom stereocenters. The fourth-order valence-electron chi connectivity index (χ4n) is 1.98. The number of sulfone groups is 2. The minimum Gasteiger partial charge on any atom is -0.258 e. The lowest BCUT2D eigenvalue weighted by atomic mass is 10.2. The highest BCUT2D eigenvalue weighted by molar-refractivity contribution is 7.94. The summed E-state index contributed by atoms with van der Waals surface area (Å²) >= 11 is 0. The van der Waals surface area contributed by atoms with Gasteiger partial charge in [-0.1, -0.05) is 13.8 Å². The number of rotatable bonds is 5. The lowest BCUT2D eigenvalue weighted by Crippen LogP contribution is -2.15. The van der Waals surface area contributed by atoms with Gasteiger partial charge in [-0.05, 0) is 12.1 Å². The summed E-state index contributed by atoms with van der Waals surface area (Å²) in [7, 11) is -7.72. The van der Waals surface area contributed by atoms with Gasteiger partial charge in [-0.25, -0.2) is 21.8 Å². The Morgan fingerprint density at radius 2 is 1.65 bits per heavy atom. The van der Waals surface area contributed by atoms with Gasteiger partial charge in [-0.3, -0.25) is 10.1 Å². The fraction of sp³-hybridized carbons (Fsp3) is 0.308. The molecule has 0 saturated heterocycles. The molecule has 1 aromatic carbocycles. The van der Waals surface area contributed by atoms with Gasteiger partial charge in [0.25, 0.3) is 5.69 Å². The second-order valence-electron chi connectivity index (χ2n) is 4.73. The number of pyridine rings is 1. The molecule has 23 heavy (non-hydrogen) atoms. The van der Waals surface area contributed by atoms with Gasteiger partial charge in [0.1, 0.15) is 4.90 Å². The van der Waals surface area contributed by atoms with Gasteiger partial charge < -0.3 is 0 Å². The van der Waals surface area contributed by atoms with Gasteiger partial charge >= 0.3 is 0 Å². The number of nitro benzene ring substituents is 1. The summed E-state index contributed by atoms with van der Waals surface area (Å²) in [5.41, 5.74) is -0.0528. The molecule has 0 bridgehead atoms. The highest BCUT2D eigenvalue weighted by Crippen LogP contribution is 2.28. The fourth-order valence-corrected chi connectivity index (χ4v) is 4.55. The van der Waals surface area contributed by atoms with Crippen LogP contribution in [0.25, 0.3) is 10.9 Å². The van der Waals surface area contributed by atoms with Crippen molar-refractivity contribution in [3.8, 4) is 0 Å². The number of nitrogens with zero attached hydrogens (tertiary/aromatic N) is 2. The van der Waals surface area contributed by atoms with E-state index in [1.165, 1.54) is 32.0 Å². The first kappa shape index (κ1) is 17.3. The number of aromatic nitrogens is 1. The number of benzene rings is 1. The number of fused-ring (bicyclic) bond motifs is 1. The third-order valence-electron chi connectivity index (χ3n) is 3.33. The van der Waals surface area contributed by atoms with Crippen LogP contribution in [0.5, 0.6) is 0 Å². The van der Waals surface area contributed by atoms with Crippen LogP contribution in [0.3, 0.4) is 0 Å². The molecule has 10 heteroatoms. The first-order chi connectivity index (χ1) is 10.6. The van der Waals surface area contributed by atoms with Crippen molar-refractivity contribution in [2.24, 2.45) is 0 Å². The van der Waals surface area contributed by atoms with E-state index in [-0.39, 0.29) is 28.1 Å². The number of hydrogen-bond acceptors (Lipinski definition) is 7. The van der Waals surface area contributed by atoms with E-state index in [1.54, 1.807) is 0 Å². The van der Waals surface area contributed by atoms with Crippen LogP contribution >= 0.6 is 0 Å². The first-order valence-electron chi connectivity index (χ1n) is 6.67. The summed E-state index contributed by atoms with van der Waals surface area (Å²) in [6.45, 7) is 2.77. The molecule has 0 aliphatic heterocycles. The molecule has 1 aromatic heterocycles. The predicted octanol–water partition coefficient (Wildman–Crippen LogP) is 1.73. The number of nitro groups is 1. The Bertz CT molecular complexity index is 997. The SMILES string of the molecule is CCS(=O)(=O)c1cc2cc([N+](=O)[O-])ccc2nc1S(=O)(=O)CC. The summed E-state index contributed by atoms with van der Waals surface area (Å²) in [5, 5.41) is 10.5. The van der Waals surface area contributed by atoms with E-state index >= 15 is 0 Å². The van der Waals surface area contributed by atoms with Gasteiger partial charge in [0.05, 0.1) is 21.9 Å². The average molecular weight is 358 g/mol. The molecule has 0 amide bonds. The lowest BCUT2D eigenvalue weighted by Gasteiger charge is -2.10. The molecule has 1 heterocycles. The minimum absolute atomic E-state index is 0.178. The van der Waals surface area contributed by atoms with Crippen LogP contribution in [0.2, 0.25) is 0 Å². The van der Waals surface area contributed by atoms with Crippen LogP contribution in [-0.2, 0) is 19.7 Å². The van der Waals surface area contributed by atoms with E-state index in [9.17, 15) is 26.9 Å². The van der Waals surface area contributed by atoms with Crippen LogP contribution in [-0.4, -0.2) is 38.2 Å². The minimum atomic E-state index is -3.86. The molecule has 0 fully saturated rings. The van der Waals surface area contributed by atoms with E-state index in [4.69, 9.17) is 0 Å². The monoisotopic (exact) mass is 358 g/mol. The van der Waals surface area contributed by atoms with E-state index in [1.807, 2.05) is 0 Å². The Balaban J connectivity index is 2.93. The molecule has 0 saturated carbocycles. The quantitative estimate of drug-likeness (QED) is 0.588. The molecular weight excluding hydrogens is 344 g/mol. The van der Waals surface area contributed by atoms with Crippen molar-refractivity contribution in [2.45, 2.75) is 23.8 Å². The Kier molecular flexibility index (Phi) is 4.40. The maximum Gasteiger partial charge on any atom is 0.270 e. The van der Waals surface area contributed by atoms with Crippen molar-refractivity contribution in [3.05, 3.63) is 34.4 Å². The van der Waals surface area contributed by atoms with Gasteiger partial charge in [-0.2, -0.15) is 0 Å². The van der Waals surface area contributed by atoms with Crippen LogP contribution in [0.1, 0.15) is 13.8 Å². The predicted molar refractivity (Wildman–Crippen MR) is 83.9 cm³/mol. The normalized spacial score (nSPS) is 12.4. The van der Waals surface area contributed by atoms with Crippen molar-refractivity contribution in [1.29, 1.82) is 0 Å². The Hall–Kier alpha value is -2.07. The number of non-ortho nitro benzene ring substituents is 1. The summed E-state index contributed by atoms with van der Waals surface area (Å²) in [6, 6.07) is 4.78. The van der Waals surface area contributed by atoms with Crippen LogP contribution in [0.4, 0.5) is 5.69 Å². The van der Waals surface area contributed by atoms with E-state index in [0.717, 1.165) is 6.07 Å². The molecule has 0 spiro atoms. The molecule has 2 rings (SSSR count). The highest BCUT2D eigenvalue weighted by atomic mass is 32.2. The third kappa shape index (κ3) is 3.17. The molecule has 8 nitrogen and oxygen atoms in total. The topological polar surface area (TPSA) is 124 Å². The number of hydrogen-bond donors (Lipinski definition) is 0. The summed E-state index contributed by atoms with van der Waals surface area (Å²) in [6.07, 6.45) is 0. The van der Waals surface area contributed by atoms with Gasteiger partial charge in [-0.15, -0.1) is 0 Å². The molecule has 0 radical (unpaired) electrons. The zero-order valence-electron chi connectivity index (χ0n) is 12.4. The maximum absolute atomic E-state index is 12.2. The van der Waals surface area contributed by atoms with Crippen molar-refractivity contribution >= 4 is 36.3 Å².